The van der Waals surface area contributed by atoms with E-state index in [4.69, 9.17) is 11.6 Å². The summed E-state index contributed by atoms with van der Waals surface area (Å²) in [6.45, 7) is 1.89. The van der Waals surface area contributed by atoms with Gasteiger partial charge in [-0.25, -0.2) is 9.67 Å². The third-order valence-corrected chi connectivity index (χ3v) is 4.71. The Morgan fingerprint density at radius 3 is 2.83 bits per heavy atom. The summed E-state index contributed by atoms with van der Waals surface area (Å²) in [5, 5.41) is 31.3. The zero-order chi connectivity index (χ0) is 16.7. The molecule has 10 heteroatoms. The Morgan fingerprint density at radius 2 is 2.12 bits per heavy atom. The standard InChI is InChI=1S/C14H10ClN7OS/c1-7-10-6-11(12(23)16-14-17-20-21-18-14)24-13(10)22(19-7)9-4-2-8(15)3-5-9/h2-6H,1H3,(H2,16,17,18,20,21,23)/p-1. The highest BCUT2D eigenvalue weighted by molar-refractivity contribution is 7.20. The Balaban J connectivity index is 1.81. The number of aliphatic imine (C=N–C) groups is 1. The first-order valence-electron chi connectivity index (χ1n) is 6.86. The van der Waals surface area contributed by atoms with E-state index < -0.39 is 5.90 Å². The number of hydrogen-bond donors (Lipinski definition) is 1. The van der Waals surface area contributed by atoms with Crippen LogP contribution in [0.2, 0.25) is 5.02 Å². The van der Waals surface area contributed by atoms with Crippen molar-refractivity contribution in [2.75, 3.05) is 0 Å². The maximum Gasteiger partial charge on any atom is 0.288 e. The molecule has 0 unspecified atom stereocenters. The molecule has 0 bridgehead atoms. The Hall–Kier alpha value is -2.78. The van der Waals surface area contributed by atoms with Gasteiger partial charge in [0.15, 0.2) is 0 Å². The average molecular weight is 359 g/mol. The molecule has 4 aromatic rings. The van der Waals surface area contributed by atoms with Crippen LogP contribution < -0.4 is 5.11 Å². The summed E-state index contributed by atoms with van der Waals surface area (Å²) in [5.74, 6) is -0.409. The Labute approximate surface area is 144 Å². The quantitative estimate of drug-likeness (QED) is 0.445. The van der Waals surface area contributed by atoms with Crippen LogP contribution in [0, 0.1) is 6.92 Å². The second-order valence-corrected chi connectivity index (χ2v) is 6.40. The fourth-order valence-corrected chi connectivity index (χ4v) is 3.45. The largest absolute Gasteiger partial charge is 0.858 e. The number of thiophene rings is 1. The molecule has 8 nitrogen and oxygen atoms in total. The zero-order valence-corrected chi connectivity index (χ0v) is 13.8. The Bertz CT molecular complexity index is 1030. The van der Waals surface area contributed by atoms with E-state index in [1.807, 2.05) is 19.1 Å². The van der Waals surface area contributed by atoms with Gasteiger partial charge in [0.1, 0.15) is 4.83 Å². The van der Waals surface area contributed by atoms with Crippen LogP contribution in [0.5, 0.6) is 0 Å². The first-order chi connectivity index (χ1) is 11.6. The third-order valence-electron chi connectivity index (χ3n) is 3.36. The number of halogens is 1. The number of tetrazole rings is 1. The Kier molecular flexibility index (Phi) is 3.51. The summed E-state index contributed by atoms with van der Waals surface area (Å²) in [6.07, 6.45) is 0. The molecule has 0 radical (unpaired) electrons. The summed E-state index contributed by atoms with van der Waals surface area (Å²) in [6, 6.07) is 9.12. The molecule has 3 heterocycles. The van der Waals surface area contributed by atoms with Crippen molar-refractivity contribution in [2.45, 2.75) is 6.92 Å². The molecule has 0 saturated carbocycles. The number of rotatable bonds is 3. The highest BCUT2D eigenvalue weighted by Crippen LogP contribution is 2.30. The number of benzene rings is 1. The first kappa shape index (κ1) is 14.8. The van der Waals surface area contributed by atoms with E-state index in [0.29, 0.717) is 9.90 Å². The van der Waals surface area contributed by atoms with Gasteiger partial charge >= 0.3 is 0 Å². The number of aromatic nitrogens is 6. The second-order valence-electron chi connectivity index (χ2n) is 4.93. The fourth-order valence-electron chi connectivity index (χ4n) is 2.26. The van der Waals surface area contributed by atoms with Crippen molar-refractivity contribution in [3.8, 4) is 5.69 Å². The number of nitrogens with one attached hydrogen (secondary N) is 1. The van der Waals surface area contributed by atoms with Gasteiger partial charge in [0.2, 0.25) is 0 Å². The molecule has 0 aliphatic carbocycles. The lowest BCUT2D eigenvalue weighted by Crippen LogP contribution is -2.16. The van der Waals surface area contributed by atoms with Crippen molar-refractivity contribution in [2.24, 2.45) is 4.99 Å². The average Bonchev–Trinajstić information content (AvgIpc) is 3.27. The minimum atomic E-state index is -0.417. The molecule has 1 aromatic carbocycles. The van der Waals surface area contributed by atoms with Crippen LogP contribution in [0.3, 0.4) is 0 Å². The van der Waals surface area contributed by atoms with Crippen molar-refractivity contribution in [1.82, 2.24) is 30.4 Å². The molecular formula is C14H9ClN7OS-. The van der Waals surface area contributed by atoms with Gasteiger partial charge in [-0.15, -0.1) is 16.4 Å². The maximum atomic E-state index is 12.3. The molecule has 0 atom stereocenters. The van der Waals surface area contributed by atoms with Gasteiger partial charge in [0.25, 0.3) is 5.95 Å². The summed E-state index contributed by atoms with van der Waals surface area (Å²) >= 11 is 7.24. The van der Waals surface area contributed by atoms with E-state index in [0.717, 1.165) is 21.6 Å². The lowest BCUT2D eigenvalue weighted by molar-refractivity contribution is -0.212. The van der Waals surface area contributed by atoms with Crippen molar-refractivity contribution in [1.29, 1.82) is 0 Å². The number of fused-ring (bicyclic) bond motifs is 1. The highest BCUT2D eigenvalue weighted by Gasteiger charge is 2.13. The fraction of sp³-hybridized carbons (Fsp3) is 0.0714. The van der Waals surface area contributed by atoms with Gasteiger partial charge in [-0.2, -0.15) is 10.3 Å². The predicted molar refractivity (Wildman–Crippen MR) is 89.1 cm³/mol. The van der Waals surface area contributed by atoms with E-state index in [-0.39, 0.29) is 5.95 Å². The molecule has 0 aliphatic heterocycles. The number of H-pyrrole nitrogens is 1. The number of nitrogens with zero attached hydrogens (tertiary/aromatic N) is 6. The first-order valence-corrected chi connectivity index (χ1v) is 8.06. The third kappa shape index (κ3) is 2.53. The van der Waals surface area contributed by atoms with Crippen molar-refractivity contribution in [3.05, 3.63) is 45.9 Å². The molecule has 0 fully saturated rings. The molecular weight excluding hydrogens is 350 g/mol. The lowest BCUT2D eigenvalue weighted by Gasteiger charge is -2.05. The van der Waals surface area contributed by atoms with Gasteiger partial charge in [-0.05, 0) is 42.5 Å². The van der Waals surface area contributed by atoms with Crippen LogP contribution in [0.1, 0.15) is 10.6 Å². The molecule has 120 valence electrons. The van der Waals surface area contributed by atoms with E-state index >= 15 is 0 Å². The molecule has 0 amide bonds. The normalized spacial score (nSPS) is 12.2. The maximum absolute atomic E-state index is 12.3. The van der Waals surface area contributed by atoms with Gasteiger partial charge in [0.05, 0.1) is 11.4 Å². The van der Waals surface area contributed by atoms with Crippen LogP contribution in [-0.4, -0.2) is 36.3 Å². The summed E-state index contributed by atoms with van der Waals surface area (Å²) in [5.41, 5.74) is 1.70. The van der Waals surface area contributed by atoms with Gasteiger partial charge < -0.3 is 5.11 Å². The molecule has 0 spiro atoms. The summed E-state index contributed by atoms with van der Waals surface area (Å²) < 4.78 is 1.79. The summed E-state index contributed by atoms with van der Waals surface area (Å²) in [4.78, 5) is 5.16. The van der Waals surface area contributed by atoms with Crippen LogP contribution in [-0.2, 0) is 0 Å². The lowest BCUT2D eigenvalue weighted by atomic mass is 10.3. The monoisotopic (exact) mass is 358 g/mol. The van der Waals surface area contributed by atoms with Gasteiger partial charge in [-0.3, -0.25) is 0 Å². The molecule has 1 N–H and O–H groups in total. The molecule has 4 rings (SSSR count). The Morgan fingerprint density at radius 1 is 1.33 bits per heavy atom. The molecule has 0 aliphatic rings. The van der Waals surface area contributed by atoms with Crippen molar-refractivity contribution < 1.29 is 5.11 Å². The zero-order valence-electron chi connectivity index (χ0n) is 12.3. The summed E-state index contributed by atoms with van der Waals surface area (Å²) in [7, 11) is 0. The van der Waals surface area contributed by atoms with Crippen LogP contribution in [0.4, 0.5) is 5.95 Å². The molecule has 24 heavy (non-hydrogen) atoms. The van der Waals surface area contributed by atoms with Crippen molar-refractivity contribution in [3.63, 3.8) is 0 Å². The van der Waals surface area contributed by atoms with E-state index in [2.05, 4.69) is 30.7 Å². The second kappa shape index (κ2) is 5.69. The minimum Gasteiger partial charge on any atom is -0.858 e. The topological polar surface area (TPSA) is 108 Å². The number of hydrogen-bond acceptors (Lipinski definition) is 7. The van der Waals surface area contributed by atoms with Crippen LogP contribution >= 0.6 is 22.9 Å². The number of aryl methyl sites for hydroxylation is 1. The van der Waals surface area contributed by atoms with E-state index in [1.54, 1.807) is 22.9 Å². The van der Waals surface area contributed by atoms with Gasteiger partial charge in [0, 0.05) is 21.2 Å². The minimum absolute atomic E-state index is 0.00788. The molecule has 3 aromatic heterocycles. The van der Waals surface area contributed by atoms with Crippen LogP contribution in [0.25, 0.3) is 15.9 Å². The van der Waals surface area contributed by atoms with Crippen molar-refractivity contribution >= 4 is 45.0 Å². The van der Waals surface area contributed by atoms with E-state index in [1.165, 1.54) is 11.3 Å². The van der Waals surface area contributed by atoms with Crippen LogP contribution in [0.15, 0.2) is 35.3 Å². The predicted octanol–water partition coefficient (Wildman–Crippen LogP) is 2.00. The highest BCUT2D eigenvalue weighted by atomic mass is 35.5. The van der Waals surface area contributed by atoms with E-state index in [9.17, 15) is 5.11 Å². The number of aromatic amines is 1. The smallest absolute Gasteiger partial charge is 0.288 e. The SMILES string of the molecule is Cc1nn(-c2ccc(Cl)cc2)c2sc(C([O-])=Nc3nn[nH]n3)cc12. The van der Waals surface area contributed by atoms with Gasteiger partial charge in [-0.1, -0.05) is 16.7 Å². The molecule has 0 saturated heterocycles.